The van der Waals surface area contributed by atoms with Gasteiger partial charge >= 0.3 is 0 Å². The van der Waals surface area contributed by atoms with Crippen molar-refractivity contribution in [3.63, 3.8) is 0 Å². The molecule has 0 amide bonds. The fourth-order valence-corrected chi connectivity index (χ4v) is 22.4. The van der Waals surface area contributed by atoms with Crippen molar-refractivity contribution in [3.8, 4) is 0 Å². The second-order valence-corrected chi connectivity index (χ2v) is 23.8. The molecule has 0 nitrogen and oxygen atoms in total. The van der Waals surface area contributed by atoms with Crippen LogP contribution in [0.2, 0.25) is 0 Å². The highest BCUT2D eigenvalue weighted by Crippen LogP contribution is 2.93. The van der Waals surface area contributed by atoms with E-state index >= 15 is 0 Å². The molecule has 0 radical (unpaired) electrons. The van der Waals surface area contributed by atoms with E-state index in [1.54, 1.807) is 0 Å². The second-order valence-electron chi connectivity index (χ2n) is 4.19. The maximum Gasteiger partial charge on any atom is 0.127 e. The van der Waals surface area contributed by atoms with Crippen LogP contribution in [0.25, 0.3) is 0 Å². The molecule has 0 atom stereocenters. The molecule has 19 heavy (non-hydrogen) atoms. The minimum atomic E-state index is -0.594. The summed E-state index contributed by atoms with van der Waals surface area (Å²) in [5.74, 6) is 0. The first-order chi connectivity index (χ1) is 8.00. The van der Waals surface area contributed by atoms with Gasteiger partial charge in [0.1, 0.15) is 24.8 Å². The molecular weight excluding hydrogens is 1040 g/mol. The van der Waals surface area contributed by atoms with Crippen molar-refractivity contribution in [2.45, 2.75) is 24.8 Å². The molecule has 0 spiro atoms. The normalized spacial score (nSPS) is 47.4. The van der Waals surface area contributed by atoms with E-state index < -0.39 is 24.8 Å². The molecule has 2 saturated carbocycles. The highest BCUT2D eigenvalue weighted by molar-refractivity contribution is 9.35. The summed E-state index contributed by atoms with van der Waals surface area (Å²) in [7, 11) is 0. The minimum Gasteiger partial charge on any atom is -0.0776 e. The standard InChI is InChI=1S/C7Br12/c8-1-3(10,11)2(9,6(16,17)4(1,12)13)7(18,19)5(1,14)15. The molecule has 0 aliphatic heterocycles. The number of halogens is 12. The smallest absolute Gasteiger partial charge is 0.0776 e. The van der Waals surface area contributed by atoms with Crippen LogP contribution < -0.4 is 0 Å². The van der Waals surface area contributed by atoms with Gasteiger partial charge in [0.05, 0.1) is 0 Å². The second kappa shape index (κ2) is 5.40. The number of alkyl halides is 12. The van der Waals surface area contributed by atoms with E-state index in [1.165, 1.54) is 0 Å². The largest absolute Gasteiger partial charge is 0.127 e. The van der Waals surface area contributed by atoms with Gasteiger partial charge in [-0.1, -0.05) is 191 Å². The SMILES string of the molecule is BrC1(Br)C(Br)(Br)C2(Br)C(Br)(Br)C(Br)(Br)C1(Br)C2(Br)Br. The van der Waals surface area contributed by atoms with Gasteiger partial charge in [-0.25, -0.2) is 0 Å². The molecule has 0 aromatic rings. The van der Waals surface area contributed by atoms with Gasteiger partial charge in [0.15, 0.2) is 0 Å². The van der Waals surface area contributed by atoms with Crippen molar-refractivity contribution in [1.82, 2.24) is 0 Å². The van der Waals surface area contributed by atoms with Crippen LogP contribution in [0.3, 0.4) is 0 Å². The highest BCUT2D eigenvalue weighted by atomic mass is 79.9. The summed E-state index contributed by atoms with van der Waals surface area (Å²) in [6.07, 6.45) is 0. The van der Waals surface area contributed by atoms with Crippen molar-refractivity contribution < 1.29 is 0 Å². The predicted molar refractivity (Wildman–Crippen MR) is 126 cm³/mol. The van der Waals surface area contributed by atoms with E-state index in [0.717, 1.165) is 0 Å². The summed E-state index contributed by atoms with van der Waals surface area (Å²) >= 11 is 45.9. The molecule has 2 rings (SSSR count). The van der Waals surface area contributed by atoms with Crippen LogP contribution in [-0.2, 0) is 0 Å². The maximum absolute atomic E-state index is 3.91. The van der Waals surface area contributed by atoms with Gasteiger partial charge in [-0.15, -0.1) is 0 Å². The first kappa shape index (κ1) is 21.1. The average Bonchev–Trinajstić information content (AvgIpc) is 2.32. The molecule has 0 aromatic carbocycles. The molecule has 0 heterocycles. The molecule has 12 heteroatoms. The zero-order valence-corrected chi connectivity index (χ0v) is 27.1. The van der Waals surface area contributed by atoms with Gasteiger partial charge in [0, 0.05) is 0 Å². The van der Waals surface area contributed by atoms with Gasteiger partial charge in [-0.05, 0) is 0 Å². The van der Waals surface area contributed by atoms with Gasteiger partial charge in [0.2, 0.25) is 0 Å². The summed E-state index contributed by atoms with van der Waals surface area (Å²) in [5, 5.41) is 0. The Hall–Kier alpha value is 5.76. The summed E-state index contributed by atoms with van der Waals surface area (Å²) in [6.45, 7) is 0. The topological polar surface area (TPSA) is 0 Å². The van der Waals surface area contributed by atoms with Crippen LogP contribution in [0.5, 0.6) is 0 Å². The van der Waals surface area contributed by atoms with E-state index in [0.29, 0.717) is 0 Å². The number of fused-ring (bicyclic) bond motifs is 2. The first-order valence-electron chi connectivity index (χ1n) is 4.27. The molecule has 0 aromatic heterocycles. The molecule has 0 unspecified atom stereocenters. The summed E-state index contributed by atoms with van der Waals surface area (Å²) in [6, 6.07) is 0. The van der Waals surface area contributed by atoms with E-state index in [-0.39, 0.29) is 0 Å². The number of hydrogen-bond acceptors (Lipinski definition) is 0. The first-order valence-corrected chi connectivity index (χ1v) is 13.8. The molecule has 112 valence electrons. The Morgan fingerprint density at radius 1 is 0.263 bits per heavy atom. The Bertz CT molecular complexity index is 379. The minimum absolute atomic E-state index is 0.583. The van der Waals surface area contributed by atoms with E-state index in [9.17, 15) is 0 Å². The lowest BCUT2D eigenvalue weighted by Gasteiger charge is -2.56. The van der Waals surface area contributed by atoms with Crippen molar-refractivity contribution in [2.24, 2.45) is 0 Å². The summed E-state index contributed by atoms with van der Waals surface area (Å²) in [4.78, 5) is 0. The van der Waals surface area contributed by atoms with Crippen LogP contribution in [0.1, 0.15) is 0 Å². The van der Waals surface area contributed by atoms with Crippen LogP contribution in [0, 0.1) is 0 Å². The average molecular weight is 1040 g/mol. The van der Waals surface area contributed by atoms with Crippen LogP contribution in [0.4, 0.5) is 0 Å². The van der Waals surface area contributed by atoms with E-state index in [2.05, 4.69) is 191 Å². The molecule has 2 fully saturated rings. The Labute approximate surface area is 211 Å². The molecule has 0 N–H and O–H groups in total. The molecule has 2 aliphatic rings. The van der Waals surface area contributed by atoms with Crippen LogP contribution in [-0.4, -0.2) is 24.8 Å². The Balaban J connectivity index is 2.99. The Morgan fingerprint density at radius 3 is 0.526 bits per heavy atom. The lowest BCUT2D eigenvalue weighted by Crippen LogP contribution is -2.68. The zero-order valence-electron chi connectivity index (χ0n) is 8.04. The fraction of sp³-hybridized carbons (Fsp3) is 1.00. The third kappa shape index (κ3) is 1.86. The molecule has 2 bridgehead atoms. The van der Waals surface area contributed by atoms with Gasteiger partial charge < -0.3 is 0 Å². The monoisotopic (exact) mass is 1030 g/mol. The Morgan fingerprint density at radius 2 is 0.421 bits per heavy atom. The van der Waals surface area contributed by atoms with E-state index in [4.69, 9.17) is 0 Å². The van der Waals surface area contributed by atoms with Gasteiger partial charge in [-0.3, -0.25) is 0 Å². The molecular formula is C7Br12. The van der Waals surface area contributed by atoms with Crippen molar-refractivity contribution >= 4 is 191 Å². The number of hydrogen-bond donors (Lipinski definition) is 0. The third-order valence-electron chi connectivity index (χ3n) is 3.38. The lowest BCUT2D eigenvalue weighted by molar-refractivity contribution is 0.533. The fourth-order valence-electron chi connectivity index (χ4n) is 2.29. The summed E-state index contributed by atoms with van der Waals surface area (Å²) < 4.78 is -4.13. The quantitative estimate of drug-likeness (QED) is 0.213. The third-order valence-corrected chi connectivity index (χ3v) is 29.5. The van der Waals surface area contributed by atoms with Gasteiger partial charge in [0.25, 0.3) is 0 Å². The maximum atomic E-state index is 3.91. The van der Waals surface area contributed by atoms with Crippen molar-refractivity contribution in [1.29, 1.82) is 0 Å². The van der Waals surface area contributed by atoms with Crippen LogP contribution in [0.15, 0.2) is 0 Å². The van der Waals surface area contributed by atoms with Crippen LogP contribution >= 0.6 is 191 Å². The van der Waals surface area contributed by atoms with Crippen molar-refractivity contribution in [3.05, 3.63) is 0 Å². The van der Waals surface area contributed by atoms with Gasteiger partial charge in [-0.2, -0.15) is 0 Å². The lowest BCUT2D eigenvalue weighted by atomic mass is 9.99. The molecule has 0 saturated heterocycles. The predicted octanol–water partition coefficient (Wildman–Crippen LogP) is 8.71. The highest BCUT2D eigenvalue weighted by Gasteiger charge is 3.00. The Kier molecular flexibility index (Phi) is 5.98. The van der Waals surface area contributed by atoms with E-state index in [1.807, 2.05) is 0 Å². The molecule has 2 aliphatic carbocycles. The number of rotatable bonds is 0. The summed E-state index contributed by atoms with van der Waals surface area (Å²) in [5.41, 5.74) is 0. The zero-order chi connectivity index (χ0) is 15.5. The van der Waals surface area contributed by atoms with Crippen molar-refractivity contribution in [2.75, 3.05) is 0 Å².